The second-order valence-corrected chi connectivity index (χ2v) is 28.8. The fourth-order valence-corrected chi connectivity index (χ4v) is 11.4. The van der Waals surface area contributed by atoms with Crippen molar-refractivity contribution in [1.29, 1.82) is 0 Å². The maximum absolute atomic E-state index is 15.0. The summed E-state index contributed by atoms with van der Waals surface area (Å²) in [6, 6.07) is -8.59. The first-order valence-corrected chi connectivity index (χ1v) is 37.8. The molecule has 0 radical (unpaired) electrons. The molecule has 1 aromatic heterocycles. The third kappa shape index (κ3) is 35.2. The number of nitrogens with two attached hydrogens (primary N) is 12. The van der Waals surface area contributed by atoms with Crippen LogP contribution in [0.2, 0.25) is 0 Å². The number of carbonyl (C=O) groups excluding carboxylic acids is 12. The summed E-state index contributed by atoms with van der Waals surface area (Å²) < 4.78 is 0. The molecule has 0 saturated carbocycles. The number of carbonyl (C=O) groups is 12. The lowest BCUT2D eigenvalue weighted by Crippen LogP contribution is -2.62. The molecule has 0 spiro atoms. The average molecular weight is 1580 g/mol. The van der Waals surface area contributed by atoms with E-state index < -0.39 is 167 Å². The molecule has 0 aliphatic rings. The van der Waals surface area contributed by atoms with Crippen LogP contribution in [0, 0.1) is 29.6 Å². The van der Waals surface area contributed by atoms with E-state index in [0.717, 1.165) is 0 Å². The second kappa shape index (κ2) is 49.8. The number of primary amides is 1. The molecule has 0 bridgehead atoms. The van der Waals surface area contributed by atoms with Gasteiger partial charge < -0.3 is 132 Å². The van der Waals surface area contributed by atoms with Crippen molar-refractivity contribution in [3.63, 3.8) is 0 Å². The molecule has 628 valence electrons. The number of nitrogens with one attached hydrogen (secondary N) is 12. The van der Waals surface area contributed by atoms with Crippen LogP contribution >= 0.6 is 0 Å². The Bertz CT molecular complexity index is 3580. The smallest absolute Gasteiger partial charge is 0.243 e. The van der Waals surface area contributed by atoms with Crippen molar-refractivity contribution in [1.82, 2.24) is 63.5 Å². The first-order valence-electron chi connectivity index (χ1n) is 37.8. The van der Waals surface area contributed by atoms with E-state index in [1.807, 2.05) is 6.07 Å². The monoisotopic (exact) mass is 1580 g/mol. The van der Waals surface area contributed by atoms with Crippen molar-refractivity contribution < 1.29 is 57.5 Å². The number of amides is 12. The lowest BCUT2D eigenvalue weighted by Gasteiger charge is -2.31. The van der Waals surface area contributed by atoms with Crippen molar-refractivity contribution in [2.75, 3.05) is 32.7 Å². The van der Waals surface area contributed by atoms with Gasteiger partial charge in [-0.1, -0.05) is 100 Å². The number of para-hydroxylation sites is 1. The zero-order valence-corrected chi connectivity index (χ0v) is 66.5. The molecule has 1 heterocycles. The molecule has 36 N–H and O–H groups in total. The Morgan fingerprint density at radius 3 is 1.01 bits per heavy atom. The van der Waals surface area contributed by atoms with Crippen LogP contribution in [0.5, 0.6) is 0 Å². The molecule has 2 aromatic rings. The molecule has 0 fully saturated rings. The van der Waals surface area contributed by atoms with Gasteiger partial charge in [0.15, 0.2) is 29.8 Å². The van der Waals surface area contributed by atoms with Gasteiger partial charge in [0.25, 0.3) is 0 Å². The van der Waals surface area contributed by atoms with E-state index in [4.69, 9.17) is 68.8 Å². The Morgan fingerprint density at radius 2 is 0.643 bits per heavy atom. The Hall–Kier alpha value is -11.3. The number of nitrogens with zero attached hydrogens (tertiary/aromatic N) is 5. The van der Waals surface area contributed by atoms with Crippen LogP contribution in [-0.2, 0) is 64.0 Å². The Morgan fingerprint density at radius 1 is 0.348 bits per heavy atom. The highest BCUT2D eigenvalue weighted by atomic mass is 16.2. The summed E-state index contributed by atoms with van der Waals surface area (Å²) in [6.07, 6.45) is 2.84. The number of hydrogen-bond acceptors (Lipinski definition) is 18. The van der Waals surface area contributed by atoms with E-state index in [1.165, 1.54) is 6.92 Å². The van der Waals surface area contributed by atoms with Crippen molar-refractivity contribution in [2.45, 2.75) is 232 Å². The molecule has 41 nitrogen and oxygen atoms in total. The Kier molecular flexibility index (Phi) is 43.0. The third-order valence-electron chi connectivity index (χ3n) is 18.5. The minimum atomic E-state index is -1.45. The predicted molar refractivity (Wildman–Crippen MR) is 429 cm³/mol. The number of aromatic nitrogens is 1. The number of hydrogen-bond donors (Lipinski definition) is 24. The number of guanidine groups is 5. The largest absolute Gasteiger partial charge is 0.370 e. The molecule has 0 unspecified atom stereocenters. The minimum Gasteiger partial charge on any atom is -0.370 e. The number of fused-ring (bicyclic) bond motifs is 1. The van der Waals surface area contributed by atoms with Crippen LogP contribution in [0.3, 0.4) is 0 Å². The standard InChI is InChI=1S/C71H127N29O12/c1-12-38(9)53(65(111)96-49(33-41-34-89-43-22-15-14-21-42(41)43)61(107)93-45(24-17-29-85-68(76)77)57(103)91-44(55(73)101)23-16-28-84-67(74)75)99-60(106)48(27-20-32-88-71(82)83)95-64(110)52(37(7)8)97-56(102)40(11)90-63(109)51(36(5)6)98-66(112)54(39(10)13-2)100-59(105)47(26-19-31-87-70(80)81)92-58(104)46(25-18-30-86-69(78)79)94-62(108)50(72)35(3)4/h14-15,21-22,34-40,44-54,89H,12-13,16-20,23-33,72H2,1-11H3,(H2,73,101)(H,90,109)(H,91,103)(H,92,104)(H,93,107)(H,94,108)(H,95,110)(H,96,111)(H,97,102)(H,98,112)(H,99,106)(H,100,105)(H4,74,75,84)(H4,76,77,85)(H4,78,79,86)(H4,80,81,87)(H4,82,83,88)/t38-,39-,40-,44-,45-,46-,47-,48-,49-,50-,51-,52-,53-,54-/m0/s1. The van der Waals surface area contributed by atoms with Crippen LogP contribution in [-0.4, -0.2) is 211 Å². The third-order valence-corrected chi connectivity index (χ3v) is 18.5. The lowest BCUT2D eigenvalue weighted by molar-refractivity contribution is -0.137. The lowest BCUT2D eigenvalue weighted by atomic mass is 9.95. The van der Waals surface area contributed by atoms with E-state index in [1.54, 1.807) is 93.6 Å². The van der Waals surface area contributed by atoms with Gasteiger partial charge in [-0.3, -0.25) is 82.5 Å². The van der Waals surface area contributed by atoms with Crippen LogP contribution < -0.4 is 127 Å². The number of aliphatic imine (C=N–C) groups is 5. The second-order valence-electron chi connectivity index (χ2n) is 28.8. The highest BCUT2D eigenvalue weighted by Gasteiger charge is 2.39. The summed E-state index contributed by atoms with van der Waals surface area (Å²) in [7, 11) is 0. The van der Waals surface area contributed by atoms with Crippen LogP contribution in [0.4, 0.5) is 0 Å². The highest BCUT2D eigenvalue weighted by molar-refractivity contribution is 6.00. The fourth-order valence-electron chi connectivity index (χ4n) is 11.4. The molecule has 2 rings (SSSR count). The molecule has 1 aromatic carbocycles. The van der Waals surface area contributed by atoms with Crippen LogP contribution in [0.25, 0.3) is 10.9 Å². The molecular formula is C71H127N29O12. The van der Waals surface area contributed by atoms with E-state index >= 15 is 0 Å². The Balaban J connectivity index is 2.54. The fraction of sp³-hybridized carbons (Fsp3) is 0.648. The van der Waals surface area contributed by atoms with E-state index in [2.05, 4.69) is 88.4 Å². The summed E-state index contributed by atoms with van der Waals surface area (Å²) in [5.74, 6) is -13.6. The highest BCUT2D eigenvalue weighted by Crippen LogP contribution is 2.21. The molecule has 12 amide bonds. The first kappa shape index (κ1) is 96.8. The maximum Gasteiger partial charge on any atom is 0.243 e. The topological polar surface area (TPSA) is 727 Å². The van der Waals surface area contributed by atoms with Gasteiger partial charge in [0, 0.05) is 56.2 Å². The molecule has 0 aliphatic carbocycles. The summed E-state index contributed by atoms with van der Waals surface area (Å²) in [5.41, 5.74) is 68.6. The normalized spacial score (nSPS) is 14.9. The van der Waals surface area contributed by atoms with Crippen LogP contribution in [0.15, 0.2) is 55.4 Å². The van der Waals surface area contributed by atoms with Gasteiger partial charge in [0.05, 0.1) is 6.04 Å². The zero-order valence-electron chi connectivity index (χ0n) is 66.5. The van der Waals surface area contributed by atoms with Crippen molar-refractivity contribution in [3.8, 4) is 0 Å². The summed E-state index contributed by atoms with van der Waals surface area (Å²) >= 11 is 0. The minimum absolute atomic E-state index is 0.00318. The van der Waals surface area contributed by atoms with Gasteiger partial charge >= 0.3 is 0 Å². The number of aromatic amines is 1. The molecule has 0 aliphatic heterocycles. The van der Waals surface area contributed by atoms with Gasteiger partial charge in [-0.15, -0.1) is 0 Å². The number of H-pyrrole nitrogens is 1. The maximum atomic E-state index is 15.0. The van der Waals surface area contributed by atoms with Gasteiger partial charge in [0.2, 0.25) is 70.9 Å². The zero-order chi connectivity index (χ0) is 84.6. The van der Waals surface area contributed by atoms with E-state index in [9.17, 15) is 57.5 Å². The number of rotatable bonds is 52. The summed E-state index contributed by atoms with van der Waals surface area (Å²) in [6.45, 7) is 18.5. The van der Waals surface area contributed by atoms with Gasteiger partial charge in [-0.05, 0) is 112 Å². The van der Waals surface area contributed by atoms with Crippen molar-refractivity contribution >= 4 is 112 Å². The SMILES string of the molecule is CC[C@H](C)[C@H](NC(=O)[C@H](CCCN=C(N)N)NC(=O)[C@@H](NC(=O)[C@H](C)NC(=O)[C@@H](NC(=O)[C@@H](NC(=O)[C@H](CCCN=C(N)N)NC(=O)[C@H](CCCN=C(N)N)NC(=O)[C@@H](N)C(C)C)[C@@H](C)CC)C(C)C)C(C)C)C(=O)N[C@@H](Cc1c[nH]c2ccccc12)C(=O)N[C@@H](CCCN=C(N)N)C(=O)N[C@@H](CCCN=C(N)N)C(N)=O. The van der Waals surface area contributed by atoms with E-state index in [0.29, 0.717) is 29.3 Å². The predicted octanol–water partition coefficient (Wildman–Crippen LogP) is -5.80. The average Bonchev–Trinajstić information content (AvgIpc) is 1.65. The number of benzene rings is 1. The van der Waals surface area contributed by atoms with Crippen molar-refractivity contribution in [2.24, 2.45) is 123 Å². The molecule has 112 heavy (non-hydrogen) atoms. The molecular weight excluding hydrogens is 1450 g/mol. The molecule has 41 heteroatoms. The van der Waals surface area contributed by atoms with Gasteiger partial charge in [0.1, 0.15) is 66.5 Å². The van der Waals surface area contributed by atoms with Gasteiger partial charge in [-0.25, -0.2) is 0 Å². The van der Waals surface area contributed by atoms with Gasteiger partial charge in [-0.2, -0.15) is 0 Å². The summed E-state index contributed by atoms with van der Waals surface area (Å²) in [5, 5.41) is 30.5. The quantitative estimate of drug-likeness (QED) is 0.0167. The first-order chi connectivity index (χ1) is 52.6. The van der Waals surface area contributed by atoms with Crippen LogP contribution in [0.1, 0.15) is 159 Å². The summed E-state index contributed by atoms with van der Waals surface area (Å²) in [4.78, 5) is 194. The molecule has 0 saturated heterocycles. The Labute approximate surface area is 654 Å². The van der Waals surface area contributed by atoms with Crippen molar-refractivity contribution in [3.05, 3.63) is 36.0 Å². The van der Waals surface area contributed by atoms with E-state index in [-0.39, 0.29) is 139 Å². The molecule has 14 atom stereocenters.